The van der Waals surface area contributed by atoms with E-state index in [-0.39, 0.29) is 43.8 Å². The molecule has 0 unspecified atom stereocenters. The van der Waals surface area contributed by atoms with Gasteiger partial charge in [0, 0.05) is 32.0 Å². The largest absolute Gasteiger partial charge is 0.495 e. The van der Waals surface area contributed by atoms with Gasteiger partial charge < -0.3 is 15.0 Å². The van der Waals surface area contributed by atoms with Crippen molar-refractivity contribution in [2.24, 2.45) is 0 Å². The molecular formula is C34H43N3O5S. The zero-order valence-corrected chi connectivity index (χ0v) is 26.0. The third-order valence-electron chi connectivity index (χ3n) is 7.92. The Balaban J connectivity index is 1.58. The average Bonchev–Trinajstić information content (AvgIpc) is 3.02. The van der Waals surface area contributed by atoms with Crippen molar-refractivity contribution in [3.8, 4) is 5.75 Å². The second-order valence-electron chi connectivity index (χ2n) is 11.2. The Bertz CT molecular complexity index is 1430. The summed E-state index contributed by atoms with van der Waals surface area (Å²) in [5.41, 5.74) is 2.32. The lowest BCUT2D eigenvalue weighted by atomic mass is 9.94. The van der Waals surface area contributed by atoms with Crippen LogP contribution in [-0.2, 0) is 32.6 Å². The molecule has 4 rings (SSSR count). The topological polar surface area (TPSA) is 96.0 Å². The Morgan fingerprint density at radius 3 is 2.12 bits per heavy atom. The summed E-state index contributed by atoms with van der Waals surface area (Å²) in [6, 6.07) is 25.7. The van der Waals surface area contributed by atoms with Crippen LogP contribution in [0.4, 0.5) is 5.69 Å². The average molecular weight is 606 g/mol. The fourth-order valence-electron chi connectivity index (χ4n) is 5.70. The van der Waals surface area contributed by atoms with Crippen molar-refractivity contribution >= 4 is 27.5 Å². The van der Waals surface area contributed by atoms with Crippen molar-refractivity contribution in [1.29, 1.82) is 0 Å². The predicted molar refractivity (Wildman–Crippen MR) is 170 cm³/mol. The lowest BCUT2D eigenvalue weighted by molar-refractivity contribution is -0.141. The summed E-state index contributed by atoms with van der Waals surface area (Å²) in [5.74, 6) is 0.0936. The van der Waals surface area contributed by atoms with Crippen molar-refractivity contribution < 1.29 is 22.7 Å². The molecule has 230 valence electrons. The Labute approximate surface area is 256 Å². The summed E-state index contributed by atoms with van der Waals surface area (Å²) in [6.07, 6.45) is 7.13. The van der Waals surface area contributed by atoms with Gasteiger partial charge in [-0.15, -0.1) is 0 Å². The summed E-state index contributed by atoms with van der Waals surface area (Å²) in [6.45, 7) is 0.374. The molecule has 3 aromatic rings. The first-order valence-electron chi connectivity index (χ1n) is 15.0. The molecular weight excluding hydrogens is 562 g/mol. The standard InChI is InChI=1S/C34H43N3O5S/c1-42-32-22-13-12-21-30(32)37(43(2,40)41)24-14-23-33(38)36(26-28-17-8-4-9-18-28)31(25-27-15-6-3-7-16-27)34(39)35-29-19-10-5-11-20-29/h3-4,6-9,12-13,15-18,21-22,29,31H,5,10-11,14,19-20,23-26H2,1-2H3,(H,35,39)/t31-/m0/s1. The molecule has 9 heteroatoms. The molecule has 43 heavy (non-hydrogen) atoms. The number of hydrogen-bond acceptors (Lipinski definition) is 5. The molecule has 1 fully saturated rings. The number of hydrogen-bond donors (Lipinski definition) is 1. The van der Waals surface area contributed by atoms with Gasteiger partial charge in [0.2, 0.25) is 21.8 Å². The van der Waals surface area contributed by atoms with Crippen LogP contribution >= 0.6 is 0 Å². The molecule has 0 aliphatic heterocycles. The minimum atomic E-state index is -3.64. The second kappa shape index (κ2) is 15.6. The Kier molecular flexibility index (Phi) is 11.6. The normalized spacial score (nSPS) is 14.5. The van der Waals surface area contributed by atoms with Crippen LogP contribution in [0.5, 0.6) is 5.75 Å². The highest BCUT2D eigenvalue weighted by atomic mass is 32.2. The third kappa shape index (κ3) is 9.32. The molecule has 3 aromatic carbocycles. The van der Waals surface area contributed by atoms with Crippen LogP contribution < -0.4 is 14.4 Å². The number of ether oxygens (including phenoxy) is 1. The van der Waals surface area contributed by atoms with E-state index in [0.29, 0.717) is 17.9 Å². The predicted octanol–water partition coefficient (Wildman–Crippen LogP) is 5.33. The molecule has 2 amide bonds. The van der Waals surface area contributed by atoms with Gasteiger partial charge in [0.25, 0.3) is 0 Å². The first-order chi connectivity index (χ1) is 20.8. The van der Waals surface area contributed by atoms with Crippen molar-refractivity contribution in [1.82, 2.24) is 10.2 Å². The van der Waals surface area contributed by atoms with E-state index in [1.165, 1.54) is 17.8 Å². The molecule has 1 aliphatic carbocycles. The van der Waals surface area contributed by atoms with E-state index in [4.69, 9.17) is 4.74 Å². The SMILES string of the molecule is COc1ccccc1N(CCCC(=O)N(Cc1ccccc1)[C@@H](Cc1ccccc1)C(=O)NC1CCCCC1)S(C)(=O)=O. The van der Waals surface area contributed by atoms with Crippen molar-refractivity contribution in [3.05, 3.63) is 96.1 Å². The summed E-state index contributed by atoms with van der Waals surface area (Å²) < 4.78 is 32.2. The minimum Gasteiger partial charge on any atom is -0.495 e. The number of anilines is 1. The van der Waals surface area contributed by atoms with E-state index in [2.05, 4.69) is 5.32 Å². The molecule has 0 spiro atoms. The van der Waals surface area contributed by atoms with E-state index in [1.807, 2.05) is 60.7 Å². The van der Waals surface area contributed by atoms with Crippen LogP contribution in [0.2, 0.25) is 0 Å². The monoisotopic (exact) mass is 605 g/mol. The fourth-order valence-corrected chi connectivity index (χ4v) is 6.67. The number of methoxy groups -OCH3 is 1. The summed E-state index contributed by atoms with van der Waals surface area (Å²) in [5, 5.41) is 3.25. The van der Waals surface area contributed by atoms with E-state index in [9.17, 15) is 18.0 Å². The van der Waals surface area contributed by atoms with Crippen LogP contribution in [0.3, 0.4) is 0 Å². The Morgan fingerprint density at radius 2 is 1.49 bits per heavy atom. The first kappa shape index (κ1) is 32.1. The van der Waals surface area contributed by atoms with Gasteiger partial charge in [0.05, 0.1) is 19.1 Å². The molecule has 0 heterocycles. The van der Waals surface area contributed by atoms with Crippen LogP contribution in [0.25, 0.3) is 0 Å². The maximum atomic E-state index is 14.0. The molecule has 0 saturated heterocycles. The van der Waals surface area contributed by atoms with Gasteiger partial charge in [0.1, 0.15) is 11.8 Å². The van der Waals surface area contributed by atoms with Crippen molar-refractivity contribution in [3.63, 3.8) is 0 Å². The van der Waals surface area contributed by atoms with Crippen LogP contribution in [0.1, 0.15) is 56.1 Å². The molecule has 1 saturated carbocycles. The van der Waals surface area contributed by atoms with Crippen LogP contribution in [0, 0.1) is 0 Å². The van der Waals surface area contributed by atoms with Gasteiger partial charge in [-0.3, -0.25) is 13.9 Å². The number of nitrogens with zero attached hydrogens (tertiary/aromatic N) is 2. The fraction of sp³-hybridized carbons (Fsp3) is 0.412. The molecule has 8 nitrogen and oxygen atoms in total. The number of carbonyl (C=O) groups is 2. The Hall–Kier alpha value is -3.85. The molecule has 0 aromatic heterocycles. The van der Waals surface area contributed by atoms with E-state index in [1.54, 1.807) is 29.2 Å². The summed E-state index contributed by atoms with van der Waals surface area (Å²) >= 11 is 0. The summed E-state index contributed by atoms with van der Waals surface area (Å²) in [7, 11) is -2.14. The first-order valence-corrected chi connectivity index (χ1v) is 16.9. The van der Waals surface area contributed by atoms with Gasteiger partial charge >= 0.3 is 0 Å². The molecule has 1 aliphatic rings. The van der Waals surface area contributed by atoms with E-state index >= 15 is 0 Å². The molecule has 1 atom stereocenters. The highest BCUT2D eigenvalue weighted by Crippen LogP contribution is 2.30. The number of nitrogens with one attached hydrogen (secondary N) is 1. The number of rotatable bonds is 14. The van der Waals surface area contributed by atoms with Gasteiger partial charge in [-0.1, -0.05) is 92.1 Å². The molecule has 0 bridgehead atoms. The van der Waals surface area contributed by atoms with Gasteiger partial charge in [-0.05, 0) is 42.5 Å². The number of carbonyl (C=O) groups excluding carboxylic acids is 2. The number of amides is 2. The van der Waals surface area contributed by atoms with Crippen LogP contribution in [-0.4, -0.2) is 57.1 Å². The highest BCUT2D eigenvalue weighted by molar-refractivity contribution is 7.92. The number of para-hydroxylation sites is 2. The van der Waals surface area contributed by atoms with Gasteiger partial charge in [-0.25, -0.2) is 8.42 Å². The maximum Gasteiger partial charge on any atom is 0.243 e. The van der Waals surface area contributed by atoms with Crippen molar-refractivity contribution in [2.75, 3.05) is 24.2 Å². The second-order valence-corrected chi connectivity index (χ2v) is 13.1. The van der Waals surface area contributed by atoms with E-state index < -0.39 is 16.1 Å². The lowest BCUT2D eigenvalue weighted by Crippen LogP contribution is -2.52. The number of sulfonamides is 1. The molecule has 0 radical (unpaired) electrons. The lowest BCUT2D eigenvalue weighted by Gasteiger charge is -2.34. The smallest absolute Gasteiger partial charge is 0.243 e. The zero-order valence-electron chi connectivity index (χ0n) is 25.2. The number of benzene rings is 3. The Morgan fingerprint density at radius 1 is 0.884 bits per heavy atom. The zero-order chi connectivity index (χ0) is 30.7. The van der Waals surface area contributed by atoms with Gasteiger partial charge in [-0.2, -0.15) is 0 Å². The van der Waals surface area contributed by atoms with Crippen molar-refractivity contribution in [2.45, 2.75) is 70.0 Å². The van der Waals surface area contributed by atoms with E-state index in [0.717, 1.165) is 43.1 Å². The summed E-state index contributed by atoms with van der Waals surface area (Å²) in [4.78, 5) is 29.6. The minimum absolute atomic E-state index is 0.0794. The third-order valence-corrected chi connectivity index (χ3v) is 9.10. The maximum absolute atomic E-state index is 14.0. The van der Waals surface area contributed by atoms with Gasteiger partial charge in [0.15, 0.2) is 0 Å². The quantitative estimate of drug-likeness (QED) is 0.268. The highest BCUT2D eigenvalue weighted by Gasteiger charge is 2.32. The van der Waals surface area contributed by atoms with Crippen LogP contribution in [0.15, 0.2) is 84.9 Å². The molecule has 1 N–H and O–H groups in total.